The molecule has 1 aromatic carbocycles. The molecule has 0 saturated carbocycles. The molecule has 2 N–H and O–H groups in total. The predicted octanol–water partition coefficient (Wildman–Crippen LogP) is 3.34. The minimum absolute atomic E-state index is 0.461. The second-order valence-electron chi connectivity index (χ2n) is 4.84. The summed E-state index contributed by atoms with van der Waals surface area (Å²) in [6, 6.07) is 9.09. The molecule has 1 rings (SSSR count). The molecule has 0 bridgehead atoms. The predicted molar refractivity (Wildman–Crippen MR) is 76.6 cm³/mol. The molecular formula is C15H26N2. The minimum Gasteiger partial charge on any atom is -0.370 e. The van der Waals surface area contributed by atoms with Crippen LogP contribution in [0.2, 0.25) is 0 Å². The highest BCUT2D eigenvalue weighted by molar-refractivity contribution is 5.48. The number of hydrogen-bond donors (Lipinski definition) is 1. The van der Waals surface area contributed by atoms with Crippen LogP contribution in [-0.2, 0) is 0 Å². The van der Waals surface area contributed by atoms with E-state index in [4.69, 9.17) is 5.73 Å². The first-order valence-corrected chi connectivity index (χ1v) is 6.68. The zero-order valence-electron chi connectivity index (χ0n) is 11.4. The summed E-state index contributed by atoms with van der Waals surface area (Å²) < 4.78 is 0. The van der Waals surface area contributed by atoms with Crippen molar-refractivity contribution in [1.29, 1.82) is 0 Å². The van der Waals surface area contributed by atoms with Crippen LogP contribution in [0, 0.1) is 6.92 Å². The summed E-state index contributed by atoms with van der Waals surface area (Å²) in [4.78, 5) is 2.32. The van der Waals surface area contributed by atoms with E-state index < -0.39 is 0 Å². The van der Waals surface area contributed by atoms with Crippen molar-refractivity contribution in [3.63, 3.8) is 0 Å². The summed E-state index contributed by atoms with van der Waals surface area (Å²) in [6.45, 7) is 5.10. The molecular weight excluding hydrogens is 208 g/mol. The molecule has 0 heterocycles. The highest BCUT2D eigenvalue weighted by Crippen LogP contribution is 2.19. The quantitative estimate of drug-likeness (QED) is 0.733. The Morgan fingerprint density at radius 2 is 2.06 bits per heavy atom. The lowest BCUT2D eigenvalue weighted by molar-refractivity contribution is 0.544. The van der Waals surface area contributed by atoms with Gasteiger partial charge in [-0.05, 0) is 31.0 Å². The zero-order chi connectivity index (χ0) is 12.7. The van der Waals surface area contributed by atoms with Crippen LogP contribution in [0.1, 0.15) is 38.2 Å². The molecule has 0 aliphatic heterocycles. The Labute approximate surface area is 106 Å². The largest absolute Gasteiger partial charge is 0.370 e. The smallest absolute Gasteiger partial charge is 0.0409 e. The number of nitrogens with zero attached hydrogens (tertiary/aromatic N) is 1. The van der Waals surface area contributed by atoms with Gasteiger partial charge in [-0.25, -0.2) is 0 Å². The molecule has 17 heavy (non-hydrogen) atoms. The van der Waals surface area contributed by atoms with Crippen molar-refractivity contribution in [2.24, 2.45) is 5.73 Å². The Hall–Kier alpha value is -1.02. The Bertz CT molecular complexity index is 322. The molecule has 0 fully saturated rings. The van der Waals surface area contributed by atoms with Crippen LogP contribution >= 0.6 is 0 Å². The summed E-state index contributed by atoms with van der Waals surface area (Å²) in [7, 11) is 2.15. The van der Waals surface area contributed by atoms with E-state index in [1.54, 1.807) is 0 Å². The lowest BCUT2D eigenvalue weighted by Crippen LogP contribution is -2.37. The van der Waals surface area contributed by atoms with Crippen molar-refractivity contribution in [2.45, 2.75) is 45.6 Å². The second-order valence-corrected chi connectivity index (χ2v) is 4.84. The van der Waals surface area contributed by atoms with Gasteiger partial charge in [-0.15, -0.1) is 0 Å². The molecule has 1 atom stereocenters. The van der Waals surface area contributed by atoms with E-state index in [0.717, 1.165) is 6.54 Å². The number of rotatable bonds is 7. The third-order valence-electron chi connectivity index (χ3n) is 3.37. The summed E-state index contributed by atoms with van der Waals surface area (Å²) in [5.41, 5.74) is 8.47. The van der Waals surface area contributed by atoms with Crippen molar-refractivity contribution < 1.29 is 0 Å². The lowest BCUT2D eigenvalue weighted by atomic mass is 10.1. The van der Waals surface area contributed by atoms with Crippen LogP contribution in [0.15, 0.2) is 24.3 Å². The van der Waals surface area contributed by atoms with Gasteiger partial charge in [0.15, 0.2) is 0 Å². The molecule has 0 amide bonds. The highest BCUT2D eigenvalue weighted by atomic mass is 15.1. The van der Waals surface area contributed by atoms with Gasteiger partial charge in [-0.2, -0.15) is 0 Å². The summed E-state index contributed by atoms with van der Waals surface area (Å²) >= 11 is 0. The van der Waals surface area contributed by atoms with Gasteiger partial charge in [0.2, 0.25) is 0 Å². The fourth-order valence-electron chi connectivity index (χ4n) is 2.16. The van der Waals surface area contributed by atoms with Gasteiger partial charge in [0.05, 0.1) is 0 Å². The first-order valence-electron chi connectivity index (χ1n) is 6.68. The SMILES string of the molecule is CCCCCC(CN)N(C)c1cccc(C)c1. The third-order valence-corrected chi connectivity index (χ3v) is 3.37. The van der Waals surface area contributed by atoms with E-state index in [1.807, 2.05) is 0 Å². The molecule has 0 aliphatic rings. The van der Waals surface area contributed by atoms with Gasteiger partial charge in [0.25, 0.3) is 0 Å². The van der Waals surface area contributed by atoms with Crippen LogP contribution in [0.3, 0.4) is 0 Å². The van der Waals surface area contributed by atoms with Gasteiger partial charge in [0.1, 0.15) is 0 Å². The van der Waals surface area contributed by atoms with Crippen molar-refractivity contribution in [3.05, 3.63) is 29.8 Å². The molecule has 0 saturated heterocycles. The Morgan fingerprint density at radius 3 is 2.65 bits per heavy atom. The number of aryl methyl sites for hydroxylation is 1. The standard InChI is InChI=1S/C15H26N2/c1-4-5-6-9-15(12-16)17(3)14-10-7-8-13(2)11-14/h7-8,10-11,15H,4-6,9,12,16H2,1-3H3. The fourth-order valence-corrected chi connectivity index (χ4v) is 2.16. The lowest BCUT2D eigenvalue weighted by Gasteiger charge is -2.29. The first kappa shape index (κ1) is 14.0. The van der Waals surface area contributed by atoms with Crippen molar-refractivity contribution in [2.75, 3.05) is 18.5 Å². The van der Waals surface area contributed by atoms with Gasteiger partial charge < -0.3 is 10.6 Å². The van der Waals surface area contributed by atoms with E-state index >= 15 is 0 Å². The van der Waals surface area contributed by atoms with Gasteiger partial charge >= 0.3 is 0 Å². The molecule has 0 spiro atoms. The summed E-state index contributed by atoms with van der Waals surface area (Å²) in [6.07, 6.45) is 5.03. The molecule has 0 aliphatic carbocycles. The maximum absolute atomic E-state index is 5.89. The monoisotopic (exact) mass is 234 g/mol. The van der Waals surface area contributed by atoms with Crippen LogP contribution < -0.4 is 10.6 Å². The van der Waals surface area contributed by atoms with E-state index in [9.17, 15) is 0 Å². The molecule has 96 valence electrons. The second kappa shape index (κ2) is 7.33. The average Bonchev–Trinajstić information content (AvgIpc) is 2.34. The van der Waals surface area contributed by atoms with E-state index in [-0.39, 0.29) is 0 Å². The average molecular weight is 234 g/mol. The number of hydrogen-bond acceptors (Lipinski definition) is 2. The summed E-state index contributed by atoms with van der Waals surface area (Å²) in [5.74, 6) is 0. The Balaban J connectivity index is 2.61. The topological polar surface area (TPSA) is 29.3 Å². The number of likely N-dealkylation sites (N-methyl/N-ethyl adjacent to an activating group) is 1. The summed E-state index contributed by atoms with van der Waals surface area (Å²) in [5, 5.41) is 0. The molecule has 1 aromatic rings. The molecule has 0 aromatic heterocycles. The number of nitrogens with two attached hydrogens (primary N) is 1. The van der Waals surface area contributed by atoms with E-state index in [2.05, 4.69) is 50.1 Å². The van der Waals surface area contributed by atoms with Gasteiger partial charge in [0, 0.05) is 25.3 Å². The Morgan fingerprint density at radius 1 is 1.29 bits per heavy atom. The highest BCUT2D eigenvalue weighted by Gasteiger charge is 2.13. The fraction of sp³-hybridized carbons (Fsp3) is 0.600. The van der Waals surface area contributed by atoms with Crippen molar-refractivity contribution >= 4 is 5.69 Å². The molecule has 0 radical (unpaired) electrons. The maximum Gasteiger partial charge on any atom is 0.0409 e. The van der Waals surface area contributed by atoms with E-state index in [0.29, 0.717) is 6.04 Å². The van der Waals surface area contributed by atoms with Crippen LogP contribution in [0.4, 0.5) is 5.69 Å². The van der Waals surface area contributed by atoms with Crippen LogP contribution in [0.25, 0.3) is 0 Å². The molecule has 1 unspecified atom stereocenters. The normalized spacial score (nSPS) is 12.5. The van der Waals surface area contributed by atoms with Crippen molar-refractivity contribution in [1.82, 2.24) is 0 Å². The van der Waals surface area contributed by atoms with Crippen LogP contribution in [0.5, 0.6) is 0 Å². The maximum atomic E-state index is 5.89. The number of unbranched alkanes of at least 4 members (excludes halogenated alkanes) is 2. The number of anilines is 1. The third kappa shape index (κ3) is 4.39. The van der Waals surface area contributed by atoms with Crippen LogP contribution in [-0.4, -0.2) is 19.6 Å². The molecule has 2 nitrogen and oxygen atoms in total. The Kier molecular flexibility index (Phi) is 6.06. The van der Waals surface area contributed by atoms with E-state index in [1.165, 1.54) is 36.9 Å². The first-order chi connectivity index (χ1) is 8.19. The zero-order valence-corrected chi connectivity index (χ0v) is 11.4. The minimum atomic E-state index is 0.461. The van der Waals surface area contributed by atoms with Gasteiger partial charge in [-0.1, -0.05) is 38.3 Å². The van der Waals surface area contributed by atoms with Crippen molar-refractivity contribution in [3.8, 4) is 0 Å². The number of benzene rings is 1. The molecule has 2 heteroatoms. The van der Waals surface area contributed by atoms with Gasteiger partial charge in [-0.3, -0.25) is 0 Å².